The van der Waals surface area contributed by atoms with Crippen LogP contribution in [0.5, 0.6) is 0 Å². The van der Waals surface area contributed by atoms with Crippen molar-refractivity contribution in [2.45, 2.75) is 76.9 Å². The molecule has 2 unspecified atom stereocenters. The number of hydrogen-bond donors (Lipinski definition) is 1. The van der Waals surface area contributed by atoms with Gasteiger partial charge in [-0.1, -0.05) is 40.0 Å². The van der Waals surface area contributed by atoms with Gasteiger partial charge in [0, 0.05) is 37.3 Å². The van der Waals surface area contributed by atoms with Crippen LogP contribution >= 0.6 is 0 Å². The third kappa shape index (κ3) is 2.77. The molecule has 2 saturated heterocycles. The molecule has 0 radical (unpaired) electrons. The molecule has 0 amide bonds. The second-order valence-electron chi connectivity index (χ2n) is 8.25. The summed E-state index contributed by atoms with van der Waals surface area (Å²) in [6, 6.07) is 1.27. The number of hydrogen-bond acceptors (Lipinski definition) is 3. The maximum absolute atomic E-state index is 5.70. The Morgan fingerprint density at radius 2 is 1.90 bits per heavy atom. The van der Waals surface area contributed by atoms with Crippen LogP contribution in [0.1, 0.15) is 59.3 Å². The summed E-state index contributed by atoms with van der Waals surface area (Å²) in [5.74, 6) is 0. The molecule has 116 valence electrons. The summed E-state index contributed by atoms with van der Waals surface area (Å²) in [4.78, 5) is 2.87. The summed E-state index contributed by atoms with van der Waals surface area (Å²) in [5, 5.41) is 3.89. The molecule has 1 saturated carbocycles. The fourth-order valence-corrected chi connectivity index (χ4v) is 4.43. The first-order valence-electron chi connectivity index (χ1n) is 8.59. The van der Waals surface area contributed by atoms with Crippen molar-refractivity contribution in [2.24, 2.45) is 5.41 Å². The number of ether oxygens (including phenoxy) is 1. The summed E-state index contributed by atoms with van der Waals surface area (Å²) in [6.07, 6.45) is 8.25. The van der Waals surface area contributed by atoms with Gasteiger partial charge < -0.3 is 10.1 Å². The molecule has 3 nitrogen and oxygen atoms in total. The smallest absolute Gasteiger partial charge is 0.0622 e. The Bertz CT molecular complexity index is 324. The number of piperazine rings is 1. The second-order valence-corrected chi connectivity index (χ2v) is 8.25. The molecule has 3 rings (SSSR count). The van der Waals surface area contributed by atoms with Gasteiger partial charge in [-0.05, 0) is 24.7 Å². The van der Waals surface area contributed by atoms with Crippen LogP contribution in [0.3, 0.4) is 0 Å². The first kappa shape index (κ1) is 14.8. The van der Waals surface area contributed by atoms with Gasteiger partial charge in [-0.25, -0.2) is 0 Å². The van der Waals surface area contributed by atoms with Crippen LogP contribution in [0.2, 0.25) is 0 Å². The summed E-state index contributed by atoms with van der Waals surface area (Å²) in [7, 11) is 0. The lowest BCUT2D eigenvalue weighted by molar-refractivity contribution is -0.0406. The molecule has 2 heterocycles. The monoisotopic (exact) mass is 280 g/mol. The van der Waals surface area contributed by atoms with Gasteiger partial charge in [0.15, 0.2) is 0 Å². The first-order valence-corrected chi connectivity index (χ1v) is 8.59. The van der Waals surface area contributed by atoms with E-state index >= 15 is 0 Å². The van der Waals surface area contributed by atoms with Crippen molar-refractivity contribution in [1.82, 2.24) is 10.2 Å². The van der Waals surface area contributed by atoms with Gasteiger partial charge in [0.25, 0.3) is 0 Å². The molecule has 0 aromatic heterocycles. The largest absolute Gasteiger partial charge is 0.380 e. The van der Waals surface area contributed by atoms with Gasteiger partial charge in [-0.2, -0.15) is 0 Å². The van der Waals surface area contributed by atoms with Crippen molar-refractivity contribution < 1.29 is 4.74 Å². The zero-order valence-corrected chi connectivity index (χ0v) is 13.6. The van der Waals surface area contributed by atoms with E-state index in [1.165, 1.54) is 51.6 Å². The molecule has 2 aliphatic heterocycles. The van der Waals surface area contributed by atoms with E-state index in [2.05, 4.69) is 31.0 Å². The van der Waals surface area contributed by atoms with Crippen molar-refractivity contribution in [3.63, 3.8) is 0 Å². The highest BCUT2D eigenvalue weighted by Gasteiger charge is 2.47. The van der Waals surface area contributed by atoms with E-state index in [0.717, 1.165) is 13.2 Å². The summed E-state index contributed by atoms with van der Waals surface area (Å²) in [5.41, 5.74) is 0.770. The summed E-state index contributed by atoms with van der Waals surface area (Å²) < 4.78 is 5.70. The van der Waals surface area contributed by atoms with Crippen molar-refractivity contribution in [3.8, 4) is 0 Å². The Morgan fingerprint density at radius 1 is 1.15 bits per heavy atom. The van der Waals surface area contributed by atoms with Crippen molar-refractivity contribution in [1.29, 1.82) is 0 Å². The van der Waals surface area contributed by atoms with Crippen molar-refractivity contribution in [3.05, 3.63) is 0 Å². The normalized spacial score (nSPS) is 35.5. The van der Waals surface area contributed by atoms with E-state index in [4.69, 9.17) is 4.74 Å². The zero-order valence-electron chi connectivity index (χ0n) is 13.6. The van der Waals surface area contributed by atoms with E-state index < -0.39 is 0 Å². The van der Waals surface area contributed by atoms with Crippen LogP contribution in [-0.4, -0.2) is 48.8 Å². The van der Waals surface area contributed by atoms with Crippen LogP contribution in [0.4, 0.5) is 0 Å². The van der Waals surface area contributed by atoms with E-state index in [9.17, 15) is 0 Å². The zero-order chi connectivity index (χ0) is 14.2. The fourth-order valence-electron chi connectivity index (χ4n) is 4.43. The van der Waals surface area contributed by atoms with Crippen LogP contribution < -0.4 is 5.32 Å². The highest BCUT2D eigenvalue weighted by atomic mass is 16.5. The van der Waals surface area contributed by atoms with E-state index in [1.54, 1.807) is 0 Å². The maximum Gasteiger partial charge on any atom is 0.0622 e. The fraction of sp³-hybridized carbons (Fsp3) is 1.00. The topological polar surface area (TPSA) is 24.5 Å². The molecular weight excluding hydrogens is 248 g/mol. The third-order valence-corrected chi connectivity index (χ3v) is 5.84. The lowest BCUT2D eigenvalue weighted by atomic mass is 9.74. The lowest BCUT2D eigenvalue weighted by Gasteiger charge is -2.56. The Kier molecular flexibility index (Phi) is 4.13. The van der Waals surface area contributed by atoms with Gasteiger partial charge in [0.05, 0.1) is 6.61 Å². The average Bonchev–Trinajstić information content (AvgIpc) is 2.92. The maximum atomic E-state index is 5.70. The van der Waals surface area contributed by atoms with Crippen molar-refractivity contribution >= 4 is 0 Å². The second kappa shape index (κ2) is 5.58. The van der Waals surface area contributed by atoms with E-state index in [0.29, 0.717) is 23.0 Å². The molecule has 2 atom stereocenters. The predicted octanol–water partition coefficient (Wildman–Crippen LogP) is 2.80. The van der Waals surface area contributed by atoms with Gasteiger partial charge in [-0.3, -0.25) is 4.90 Å². The molecular formula is C17H32N2O. The molecule has 0 bridgehead atoms. The Morgan fingerprint density at radius 3 is 2.50 bits per heavy atom. The number of nitrogens with zero attached hydrogens (tertiary/aromatic N) is 1. The minimum Gasteiger partial charge on any atom is -0.380 e. The van der Waals surface area contributed by atoms with Gasteiger partial charge in [0.2, 0.25) is 0 Å². The molecule has 0 aromatic carbocycles. The van der Waals surface area contributed by atoms with Crippen molar-refractivity contribution in [2.75, 3.05) is 26.3 Å². The first-order chi connectivity index (χ1) is 9.51. The lowest BCUT2D eigenvalue weighted by Crippen LogP contribution is -2.69. The highest BCUT2D eigenvalue weighted by Crippen LogP contribution is 2.39. The van der Waals surface area contributed by atoms with Gasteiger partial charge in [-0.15, -0.1) is 0 Å². The summed E-state index contributed by atoms with van der Waals surface area (Å²) >= 11 is 0. The Labute approximate surface area is 124 Å². The minimum absolute atomic E-state index is 0.341. The van der Waals surface area contributed by atoms with Crippen LogP contribution in [-0.2, 0) is 4.74 Å². The molecule has 1 spiro atoms. The van der Waals surface area contributed by atoms with Crippen LogP contribution in [0.25, 0.3) is 0 Å². The van der Waals surface area contributed by atoms with Gasteiger partial charge in [0.1, 0.15) is 0 Å². The molecule has 3 fully saturated rings. The molecule has 3 heteroatoms. The third-order valence-electron chi connectivity index (χ3n) is 5.84. The predicted molar refractivity (Wildman–Crippen MR) is 83.0 cm³/mol. The molecule has 20 heavy (non-hydrogen) atoms. The Balaban J connectivity index is 1.79. The summed E-state index contributed by atoms with van der Waals surface area (Å²) in [6.45, 7) is 11.4. The molecule has 1 N–H and O–H groups in total. The average molecular weight is 280 g/mol. The molecule has 0 aromatic rings. The molecule has 3 aliphatic rings. The minimum atomic E-state index is 0.341. The van der Waals surface area contributed by atoms with Gasteiger partial charge >= 0.3 is 0 Å². The standard InChI is InChI=1S/C17H32N2O/c1-16(2,3)15-11-19(14-7-10-20-12-14)17(13-18-15)8-5-4-6-9-17/h14-15,18H,4-13H2,1-3H3. The van der Waals surface area contributed by atoms with E-state index in [-0.39, 0.29) is 0 Å². The van der Waals surface area contributed by atoms with Crippen LogP contribution in [0, 0.1) is 5.41 Å². The quantitative estimate of drug-likeness (QED) is 0.799. The number of nitrogens with one attached hydrogen (secondary N) is 1. The SMILES string of the molecule is CC(C)(C)C1CN(C2CCOC2)C2(CCCCC2)CN1. The Hall–Kier alpha value is -0.120. The highest BCUT2D eigenvalue weighted by molar-refractivity contribution is 5.05. The van der Waals surface area contributed by atoms with E-state index in [1.807, 2.05) is 0 Å². The number of rotatable bonds is 1. The van der Waals surface area contributed by atoms with Crippen LogP contribution in [0.15, 0.2) is 0 Å². The molecule has 1 aliphatic carbocycles.